The quantitative estimate of drug-likeness (QED) is 0.853. The number of hydrogen-bond acceptors (Lipinski definition) is 2. The molecule has 0 bridgehead atoms. The van der Waals surface area contributed by atoms with Gasteiger partial charge in [0.2, 0.25) is 5.91 Å². The van der Waals surface area contributed by atoms with E-state index in [4.69, 9.17) is 0 Å². The summed E-state index contributed by atoms with van der Waals surface area (Å²) >= 11 is 0. The van der Waals surface area contributed by atoms with E-state index in [1.807, 2.05) is 42.3 Å². The Morgan fingerprint density at radius 2 is 2.04 bits per heavy atom. The normalized spacial score (nSPS) is 14.9. The van der Waals surface area contributed by atoms with Gasteiger partial charge in [0.15, 0.2) is 0 Å². The van der Waals surface area contributed by atoms with Crippen LogP contribution < -0.4 is 0 Å². The fourth-order valence-corrected chi connectivity index (χ4v) is 3.15. The van der Waals surface area contributed by atoms with Crippen LogP contribution in [0.25, 0.3) is 11.0 Å². The number of likely N-dealkylation sites (N-methyl/N-ethyl adjacent to an activating group) is 1. The maximum absolute atomic E-state index is 12.2. The van der Waals surface area contributed by atoms with Gasteiger partial charge in [-0.3, -0.25) is 4.79 Å². The van der Waals surface area contributed by atoms with Crippen LogP contribution in [0.4, 0.5) is 0 Å². The largest absolute Gasteiger partial charge is 0.342 e. The highest BCUT2D eigenvalue weighted by molar-refractivity contribution is 5.88. The van der Waals surface area contributed by atoms with E-state index in [1.54, 1.807) is 0 Å². The van der Waals surface area contributed by atoms with Crippen molar-refractivity contribution in [1.82, 2.24) is 14.9 Å². The Morgan fingerprint density at radius 1 is 1.26 bits per heavy atom. The van der Waals surface area contributed by atoms with Gasteiger partial charge in [-0.25, -0.2) is 4.98 Å². The molecule has 0 atom stereocenters. The minimum absolute atomic E-state index is 0.145. The standard InChI is InChI=1S/C19H25N3O/c1-22(19(23)14-15-8-3-2-4-9-15)13-7-12-18-20-16-10-5-6-11-17(16)21-18/h5-6,10-11,14H,2-4,7-9,12-13H2,1H3,(H,20,21). The molecule has 23 heavy (non-hydrogen) atoms. The van der Waals surface area contributed by atoms with Crippen molar-refractivity contribution in [3.63, 3.8) is 0 Å². The van der Waals surface area contributed by atoms with Crippen molar-refractivity contribution in [1.29, 1.82) is 0 Å². The van der Waals surface area contributed by atoms with Gasteiger partial charge in [0, 0.05) is 26.1 Å². The number of aromatic amines is 1. The fourth-order valence-electron chi connectivity index (χ4n) is 3.15. The zero-order valence-electron chi connectivity index (χ0n) is 13.8. The number of amides is 1. The summed E-state index contributed by atoms with van der Waals surface area (Å²) in [6.45, 7) is 0.764. The molecule has 1 amide bonds. The number of aryl methyl sites for hydroxylation is 1. The predicted molar refractivity (Wildman–Crippen MR) is 93.2 cm³/mol. The lowest BCUT2D eigenvalue weighted by Crippen LogP contribution is -2.26. The molecule has 0 aliphatic heterocycles. The first-order valence-corrected chi connectivity index (χ1v) is 8.60. The van der Waals surface area contributed by atoms with Crippen molar-refractivity contribution in [3.05, 3.63) is 41.7 Å². The summed E-state index contributed by atoms with van der Waals surface area (Å²) in [4.78, 5) is 22.0. The molecular formula is C19H25N3O. The van der Waals surface area contributed by atoms with Gasteiger partial charge in [-0.05, 0) is 44.2 Å². The molecular weight excluding hydrogens is 286 g/mol. The molecule has 2 aromatic rings. The summed E-state index contributed by atoms with van der Waals surface area (Å²) in [7, 11) is 1.89. The number of hydrogen-bond donors (Lipinski definition) is 1. The van der Waals surface area contributed by atoms with Gasteiger partial charge < -0.3 is 9.88 Å². The molecule has 4 heteroatoms. The topological polar surface area (TPSA) is 49.0 Å². The van der Waals surface area contributed by atoms with E-state index in [1.165, 1.54) is 24.8 Å². The highest BCUT2D eigenvalue weighted by Crippen LogP contribution is 2.22. The van der Waals surface area contributed by atoms with Gasteiger partial charge in [-0.1, -0.05) is 24.1 Å². The first kappa shape index (κ1) is 15.8. The van der Waals surface area contributed by atoms with Crippen molar-refractivity contribution >= 4 is 16.9 Å². The third-order valence-corrected chi connectivity index (χ3v) is 4.55. The number of nitrogens with zero attached hydrogens (tertiary/aromatic N) is 2. The van der Waals surface area contributed by atoms with Gasteiger partial charge in [-0.2, -0.15) is 0 Å². The number of carbonyl (C=O) groups excluding carboxylic acids is 1. The number of benzene rings is 1. The van der Waals surface area contributed by atoms with Gasteiger partial charge >= 0.3 is 0 Å². The van der Waals surface area contributed by atoms with Gasteiger partial charge in [0.05, 0.1) is 11.0 Å². The molecule has 122 valence electrons. The van der Waals surface area contributed by atoms with Crippen molar-refractivity contribution in [2.75, 3.05) is 13.6 Å². The Bertz CT molecular complexity index is 660. The monoisotopic (exact) mass is 311 g/mol. The van der Waals surface area contributed by atoms with Crippen LogP contribution >= 0.6 is 0 Å². The molecule has 1 saturated carbocycles. The summed E-state index contributed by atoms with van der Waals surface area (Å²) in [6, 6.07) is 8.06. The van der Waals surface area contributed by atoms with E-state index in [9.17, 15) is 4.79 Å². The molecule has 1 aliphatic rings. The maximum Gasteiger partial charge on any atom is 0.246 e. The molecule has 1 fully saturated rings. The lowest BCUT2D eigenvalue weighted by atomic mass is 9.94. The minimum atomic E-state index is 0.145. The van der Waals surface area contributed by atoms with Crippen LogP contribution in [0, 0.1) is 0 Å². The third-order valence-electron chi connectivity index (χ3n) is 4.55. The summed E-state index contributed by atoms with van der Waals surface area (Å²) in [5.41, 5.74) is 3.41. The lowest BCUT2D eigenvalue weighted by molar-refractivity contribution is -0.124. The van der Waals surface area contributed by atoms with Crippen LogP contribution in [0.3, 0.4) is 0 Å². The Balaban J connectivity index is 1.48. The number of nitrogens with one attached hydrogen (secondary N) is 1. The van der Waals surface area contributed by atoms with Gasteiger partial charge in [0.25, 0.3) is 0 Å². The number of para-hydroxylation sites is 2. The van der Waals surface area contributed by atoms with Crippen LogP contribution in [0.2, 0.25) is 0 Å². The van der Waals surface area contributed by atoms with Crippen molar-refractivity contribution < 1.29 is 4.79 Å². The average molecular weight is 311 g/mol. The molecule has 0 saturated heterocycles. The molecule has 1 N–H and O–H groups in total. The maximum atomic E-state index is 12.2. The highest BCUT2D eigenvalue weighted by atomic mass is 16.2. The average Bonchev–Trinajstić information content (AvgIpc) is 2.98. The summed E-state index contributed by atoms with van der Waals surface area (Å²) < 4.78 is 0. The van der Waals surface area contributed by atoms with Crippen LogP contribution in [0.1, 0.15) is 44.3 Å². The van der Waals surface area contributed by atoms with Crippen LogP contribution in [-0.2, 0) is 11.2 Å². The molecule has 1 aromatic heterocycles. The molecule has 1 heterocycles. The van der Waals surface area contributed by atoms with E-state index in [-0.39, 0.29) is 5.91 Å². The summed E-state index contributed by atoms with van der Waals surface area (Å²) in [6.07, 6.45) is 9.61. The number of carbonyl (C=O) groups is 1. The SMILES string of the molecule is CN(CCCc1nc2ccccc2[nH]1)C(=O)C=C1CCCCC1. The second-order valence-corrected chi connectivity index (χ2v) is 6.43. The molecule has 3 rings (SSSR count). The zero-order valence-corrected chi connectivity index (χ0v) is 13.8. The van der Waals surface area contributed by atoms with E-state index >= 15 is 0 Å². The number of rotatable bonds is 5. The summed E-state index contributed by atoms with van der Waals surface area (Å²) in [5, 5.41) is 0. The highest BCUT2D eigenvalue weighted by Gasteiger charge is 2.11. The Hall–Kier alpha value is -2.10. The minimum Gasteiger partial charge on any atom is -0.342 e. The van der Waals surface area contributed by atoms with Crippen molar-refractivity contribution in [2.45, 2.75) is 44.9 Å². The zero-order chi connectivity index (χ0) is 16.1. The predicted octanol–water partition coefficient (Wildman–Crippen LogP) is 3.84. The van der Waals surface area contributed by atoms with Gasteiger partial charge in [0.1, 0.15) is 5.82 Å². The molecule has 0 unspecified atom stereocenters. The van der Waals surface area contributed by atoms with E-state index in [0.717, 1.165) is 49.1 Å². The molecule has 1 aromatic carbocycles. The molecule has 0 radical (unpaired) electrons. The van der Waals surface area contributed by atoms with Crippen molar-refractivity contribution in [3.8, 4) is 0 Å². The van der Waals surface area contributed by atoms with Crippen molar-refractivity contribution in [2.24, 2.45) is 0 Å². The number of fused-ring (bicyclic) bond motifs is 1. The summed E-state index contributed by atoms with van der Waals surface area (Å²) in [5.74, 6) is 1.14. The van der Waals surface area contributed by atoms with E-state index in [2.05, 4.69) is 9.97 Å². The third kappa shape index (κ3) is 4.21. The van der Waals surface area contributed by atoms with Crippen LogP contribution in [0.5, 0.6) is 0 Å². The second kappa shape index (κ2) is 7.44. The lowest BCUT2D eigenvalue weighted by Gasteiger charge is -2.17. The van der Waals surface area contributed by atoms with E-state index in [0.29, 0.717) is 0 Å². The molecule has 4 nitrogen and oxygen atoms in total. The molecule has 0 spiro atoms. The fraction of sp³-hybridized carbons (Fsp3) is 0.474. The Labute approximate surface area is 137 Å². The first-order valence-electron chi connectivity index (χ1n) is 8.60. The smallest absolute Gasteiger partial charge is 0.246 e. The number of allylic oxidation sites excluding steroid dienone is 1. The number of H-pyrrole nitrogens is 1. The Morgan fingerprint density at radius 3 is 2.83 bits per heavy atom. The van der Waals surface area contributed by atoms with E-state index < -0.39 is 0 Å². The van der Waals surface area contributed by atoms with Crippen LogP contribution in [0.15, 0.2) is 35.9 Å². The first-order chi connectivity index (χ1) is 11.2. The number of imidazole rings is 1. The molecule has 1 aliphatic carbocycles. The van der Waals surface area contributed by atoms with Gasteiger partial charge in [-0.15, -0.1) is 0 Å². The Kier molecular flexibility index (Phi) is 5.11. The second-order valence-electron chi connectivity index (χ2n) is 6.43. The number of aromatic nitrogens is 2. The van der Waals surface area contributed by atoms with Crippen LogP contribution in [-0.4, -0.2) is 34.4 Å².